The van der Waals surface area contributed by atoms with Crippen LogP contribution in [0.2, 0.25) is 0 Å². The fourth-order valence-corrected chi connectivity index (χ4v) is 6.06. The van der Waals surface area contributed by atoms with Crippen molar-refractivity contribution in [1.29, 1.82) is 0 Å². The molecule has 9 heteroatoms. The molecule has 1 amide bonds. The molecule has 3 aromatic rings. The lowest BCUT2D eigenvalue weighted by Crippen LogP contribution is -2.48. The topological polar surface area (TPSA) is 73.3 Å². The van der Waals surface area contributed by atoms with Crippen LogP contribution in [0.4, 0.5) is 18.9 Å². The van der Waals surface area contributed by atoms with Gasteiger partial charge in [0.15, 0.2) is 11.5 Å². The van der Waals surface area contributed by atoms with Gasteiger partial charge in [-0.1, -0.05) is 32.9 Å². The van der Waals surface area contributed by atoms with Crippen molar-refractivity contribution >= 4 is 22.6 Å². The van der Waals surface area contributed by atoms with Crippen LogP contribution in [-0.2, 0) is 21.8 Å². The molecule has 1 aromatic heterocycles. The number of alkyl halides is 3. The molecule has 2 unspecified atom stereocenters. The summed E-state index contributed by atoms with van der Waals surface area (Å²) in [6.45, 7) is 6.14. The summed E-state index contributed by atoms with van der Waals surface area (Å²) >= 11 is 0. The number of hydrogen-bond donors (Lipinski definition) is 1. The van der Waals surface area contributed by atoms with Gasteiger partial charge < -0.3 is 14.8 Å². The summed E-state index contributed by atoms with van der Waals surface area (Å²) in [5, 5.41) is 2.61. The third-order valence-corrected chi connectivity index (χ3v) is 8.40. The van der Waals surface area contributed by atoms with Crippen molar-refractivity contribution in [3.8, 4) is 11.5 Å². The van der Waals surface area contributed by atoms with Crippen LogP contribution in [0.5, 0.6) is 11.5 Å². The summed E-state index contributed by atoms with van der Waals surface area (Å²) in [5.41, 5.74) is -0.948. The van der Waals surface area contributed by atoms with Crippen molar-refractivity contribution in [2.75, 3.05) is 12.1 Å². The number of rotatable bonds is 2. The van der Waals surface area contributed by atoms with Gasteiger partial charge in [0.25, 0.3) is 0 Å². The molecule has 1 saturated carbocycles. The first-order valence-electron chi connectivity index (χ1n) is 11.1. The Morgan fingerprint density at radius 3 is 2.24 bits per heavy atom. The molecule has 3 aliphatic rings. The van der Waals surface area contributed by atoms with E-state index in [9.17, 15) is 18.0 Å². The van der Waals surface area contributed by atoms with E-state index in [0.717, 1.165) is 11.8 Å². The van der Waals surface area contributed by atoms with E-state index in [4.69, 9.17) is 19.4 Å². The molecule has 2 aromatic carbocycles. The number of carbonyl (C=O) groups excluding carboxylic acids is 1. The van der Waals surface area contributed by atoms with E-state index in [1.54, 1.807) is 12.1 Å². The Kier molecular flexibility index (Phi) is 3.99. The van der Waals surface area contributed by atoms with Gasteiger partial charge >= 0.3 is 6.18 Å². The molecule has 2 heterocycles. The Morgan fingerprint density at radius 2 is 1.59 bits per heavy atom. The van der Waals surface area contributed by atoms with Gasteiger partial charge in [-0.15, -0.1) is 0 Å². The molecule has 176 valence electrons. The molecule has 1 aliphatic heterocycles. The van der Waals surface area contributed by atoms with Gasteiger partial charge in [-0.3, -0.25) is 4.79 Å². The lowest BCUT2D eigenvalue weighted by atomic mass is 9.63. The second-order valence-corrected chi connectivity index (χ2v) is 9.97. The number of para-hydroxylation sites is 1. The summed E-state index contributed by atoms with van der Waals surface area (Å²) in [6.07, 6.45) is -3.45. The largest absolute Gasteiger partial charge is 0.454 e. The molecule has 0 radical (unpaired) electrons. The molecule has 2 aliphatic carbocycles. The molecular formula is C25H22F3N3O3. The fraction of sp³-hybridized carbons (Fsp3) is 0.400. The smallest absolute Gasteiger partial charge is 0.418 e. The number of amides is 1. The standard InChI is InChI=1S/C25H22F3N3O3/c1-22(2)23(3)8-9-24(22,21(32)31-14-7-5-4-6-13(14)25(26,27)28)20-19(23)29-15-10-17-18(34-12-33-17)11-16(15)30-20/h4-7,10-11H,8-9,12H2,1-3H3,(H,31,32). The maximum absolute atomic E-state index is 13.9. The van der Waals surface area contributed by atoms with Crippen molar-refractivity contribution in [2.45, 2.75) is 50.6 Å². The minimum absolute atomic E-state index is 0.112. The van der Waals surface area contributed by atoms with E-state index >= 15 is 0 Å². The molecule has 1 fully saturated rings. The van der Waals surface area contributed by atoms with Crippen molar-refractivity contribution < 1.29 is 27.4 Å². The second kappa shape index (κ2) is 6.40. The van der Waals surface area contributed by atoms with Gasteiger partial charge in [-0.05, 0) is 30.4 Å². The highest BCUT2D eigenvalue weighted by atomic mass is 19.4. The van der Waals surface area contributed by atoms with Crippen LogP contribution in [0.25, 0.3) is 11.0 Å². The number of ether oxygens (including phenoxy) is 2. The summed E-state index contributed by atoms with van der Waals surface area (Å²) in [6, 6.07) is 8.54. The lowest BCUT2D eigenvalue weighted by molar-refractivity contribution is -0.137. The van der Waals surface area contributed by atoms with E-state index in [-0.39, 0.29) is 12.5 Å². The highest BCUT2D eigenvalue weighted by Gasteiger charge is 2.73. The average molecular weight is 469 g/mol. The van der Waals surface area contributed by atoms with Crippen LogP contribution < -0.4 is 14.8 Å². The van der Waals surface area contributed by atoms with E-state index < -0.39 is 33.9 Å². The molecule has 2 bridgehead atoms. The summed E-state index contributed by atoms with van der Waals surface area (Å²) in [7, 11) is 0. The molecular weight excluding hydrogens is 447 g/mol. The summed E-state index contributed by atoms with van der Waals surface area (Å²) in [5.74, 6) is 0.643. The fourth-order valence-electron chi connectivity index (χ4n) is 6.06. The number of nitrogens with zero attached hydrogens (tertiary/aromatic N) is 2. The van der Waals surface area contributed by atoms with Crippen molar-refractivity contribution in [2.24, 2.45) is 5.41 Å². The first kappa shape index (κ1) is 21.2. The number of anilines is 1. The van der Waals surface area contributed by atoms with E-state index in [2.05, 4.69) is 12.2 Å². The summed E-state index contributed by atoms with van der Waals surface area (Å²) in [4.78, 5) is 23.7. The molecule has 1 N–H and O–H groups in total. The molecule has 0 spiro atoms. The first-order chi connectivity index (χ1) is 16.0. The summed E-state index contributed by atoms with van der Waals surface area (Å²) < 4.78 is 51.7. The predicted molar refractivity (Wildman–Crippen MR) is 118 cm³/mol. The van der Waals surface area contributed by atoms with Gasteiger partial charge in [0.1, 0.15) is 0 Å². The van der Waals surface area contributed by atoms with Gasteiger partial charge in [-0.25, -0.2) is 9.97 Å². The molecule has 34 heavy (non-hydrogen) atoms. The minimum atomic E-state index is -4.59. The molecule has 2 atom stereocenters. The van der Waals surface area contributed by atoms with E-state index in [0.29, 0.717) is 41.1 Å². The first-order valence-corrected chi connectivity index (χ1v) is 11.1. The lowest BCUT2D eigenvalue weighted by Gasteiger charge is -2.39. The number of fused-ring (bicyclic) bond motifs is 7. The third kappa shape index (κ3) is 2.44. The highest BCUT2D eigenvalue weighted by molar-refractivity contribution is 6.02. The molecule has 0 saturated heterocycles. The normalized spacial score (nSPS) is 26.1. The van der Waals surface area contributed by atoms with Crippen molar-refractivity contribution in [3.63, 3.8) is 0 Å². The van der Waals surface area contributed by atoms with Gasteiger partial charge in [0.2, 0.25) is 12.7 Å². The Morgan fingerprint density at radius 1 is 0.971 bits per heavy atom. The van der Waals surface area contributed by atoms with Gasteiger partial charge in [0.05, 0.1) is 39.1 Å². The number of carbonyl (C=O) groups is 1. The van der Waals surface area contributed by atoms with Crippen LogP contribution >= 0.6 is 0 Å². The van der Waals surface area contributed by atoms with Crippen LogP contribution in [0.15, 0.2) is 36.4 Å². The highest BCUT2D eigenvalue weighted by Crippen LogP contribution is 2.70. The second-order valence-electron chi connectivity index (χ2n) is 9.97. The van der Waals surface area contributed by atoms with Gasteiger partial charge in [-0.2, -0.15) is 13.2 Å². The Labute approximate surface area is 193 Å². The molecule has 6 nitrogen and oxygen atoms in total. The SMILES string of the molecule is CC12CCC(C(=O)Nc3ccccc3C(F)(F)F)(c3nc4cc5c(cc4nc31)OCO5)C2(C)C. The van der Waals surface area contributed by atoms with Crippen LogP contribution in [0, 0.1) is 5.41 Å². The Bertz CT molecular complexity index is 1390. The third-order valence-electron chi connectivity index (χ3n) is 8.40. The Balaban J connectivity index is 1.52. The van der Waals surface area contributed by atoms with E-state index in [1.807, 2.05) is 13.8 Å². The zero-order valence-electron chi connectivity index (χ0n) is 18.8. The maximum Gasteiger partial charge on any atom is 0.418 e. The quantitative estimate of drug-likeness (QED) is 0.548. The number of nitrogens with one attached hydrogen (secondary N) is 1. The maximum atomic E-state index is 13.9. The Hall–Kier alpha value is -3.36. The molecule has 6 rings (SSSR count). The number of aromatic nitrogens is 2. The number of halogens is 3. The number of hydrogen-bond acceptors (Lipinski definition) is 5. The van der Waals surface area contributed by atoms with Crippen molar-refractivity contribution in [3.05, 3.63) is 53.3 Å². The zero-order chi connectivity index (χ0) is 24.1. The zero-order valence-corrected chi connectivity index (χ0v) is 18.8. The van der Waals surface area contributed by atoms with Gasteiger partial charge in [0, 0.05) is 17.5 Å². The minimum Gasteiger partial charge on any atom is -0.454 e. The van der Waals surface area contributed by atoms with E-state index in [1.165, 1.54) is 18.2 Å². The van der Waals surface area contributed by atoms with Crippen molar-refractivity contribution in [1.82, 2.24) is 9.97 Å². The predicted octanol–water partition coefficient (Wildman–Crippen LogP) is 5.35. The average Bonchev–Trinajstić information content (AvgIpc) is 3.35. The van der Waals surface area contributed by atoms with Crippen LogP contribution in [-0.4, -0.2) is 22.7 Å². The van der Waals surface area contributed by atoms with Crippen LogP contribution in [0.3, 0.4) is 0 Å². The monoisotopic (exact) mass is 469 g/mol. The number of benzene rings is 2. The van der Waals surface area contributed by atoms with Crippen LogP contribution in [0.1, 0.15) is 50.6 Å².